The minimum Gasteiger partial charge on any atom is -0.234 e. The van der Waals surface area contributed by atoms with E-state index in [9.17, 15) is 0 Å². The van der Waals surface area contributed by atoms with Crippen molar-refractivity contribution in [3.8, 4) is 0 Å². The zero-order valence-electron chi connectivity index (χ0n) is 19.2. The molecule has 2 rings (SSSR count). The molecule has 0 amide bonds. The van der Waals surface area contributed by atoms with Crippen LogP contribution in [0.5, 0.6) is 0 Å². The highest BCUT2D eigenvalue weighted by molar-refractivity contribution is 5.14. The van der Waals surface area contributed by atoms with Crippen molar-refractivity contribution in [3.63, 3.8) is 0 Å². The standard InChI is InChI=1S/C27H45N2/c1-3-5-7-8-9-10-11-12-16-21-27-28(22-6-4-2)24-25-29(27)23-17-20-26-18-14-13-15-19-26/h13-15,18-19,24-25H,3-12,16-17,20-23H2,1-2H3/q+1. The molecule has 1 heterocycles. The van der Waals surface area contributed by atoms with E-state index in [1.165, 1.54) is 102 Å². The number of aryl methyl sites for hydroxylation is 3. The molecule has 0 N–H and O–H groups in total. The molecule has 0 aliphatic rings. The highest BCUT2D eigenvalue weighted by Crippen LogP contribution is 2.12. The summed E-state index contributed by atoms with van der Waals surface area (Å²) in [7, 11) is 0. The van der Waals surface area contributed by atoms with E-state index in [0.717, 1.165) is 6.54 Å². The van der Waals surface area contributed by atoms with Gasteiger partial charge < -0.3 is 0 Å². The van der Waals surface area contributed by atoms with Gasteiger partial charge >= 0.3 is 0 Å². The lowest BCUT2D eigenvalue weighted by molar-refractivity contribution is -0.704. The van der Waals surface area contributed by atoms with E-state index < -0.39 is 0 Å². The maximum Gasteiger partial charge on any atom is 0.256 e. The zero-order chi connectivity index (χ0) is 20.6. The smallest absolute Gasteiger partial charge is 0.234 e. The van der Waals surface area contributed by atoms with Gasteiger partial charge in [0.25, 0.3) is 5.82 Å². The molecular weight excluding hydrogens is 352 g/mol. The predicted octanol–water partition coefficient (Wildman–Crippen LogP) is 7.28. The molecule has 1 aromatic heterocycles. The van der Waals surface area contributed by atoms with Gasteiger partial charge in [0.2, 0.25) is 0 Å². The summed E-state index contributed by atoms with van der Waals surface area (Å²) < 4.78 is 5.06. The SMILES string of the molecule is CCCCCCCCCCCc1n(CCCC)cc[n+]1CCCc1ccccc1. The first kappa shape index (κ1) is 23.7. The van der Waals surface area contributed by atoms with Gasteiger partial charge in [-0.3, -0.25) is 0 Å². The van der Waals surface area contributed by atoms with Crippen LogP contribution in [-0.2, 0) is 25.9 Å². The van der Waals surface area contributed by atoms with Crippen molar-refractivity contribution >= 4 is 0 Å². The summed E-state index contributed by atoms with van der Waals surface area (Å²) in [4.78, 5) is 0. The summed E-state index contributed by atoms with van der Waals surface area (Å²) in [6.07, 6.45) is 23.5. The van der Waals surface area contributed by atoms with Crippen LogP contribution in [0.2, 0.25) is 0 Å². The molecule has 2 nitrogen and oxygen atoms in total. The highest BCUT2D eigenvalue weighted by atomic mass is 15.1. The number of imidazole rings is 1. The molecule has 0 aliphatic heterocycles. The molecule has 0 atom stereocenters. The predicted molar refractivity (Wildman–Crippen MR) is 125 cm³/mol. The number of hydrogen-bond donors (Lipinski definition) is 0. The van der Waals surface area contributed by atoms with Crippen LogP contribution < -0.4 is 4.57 Å². The third-order valence-electron chi connectivity index (χ3n) is 6.05. The summed E-state index contributed by atoms with van der Waals surface area (Å²) in [5, 5.41) is 0. The number of nitrogens with zero attached hydrogens (tertiary/aromatic N) is 2. The number of aromatic nitrogens is 2. The third kappa shape index (κ3) is 9.65. The second-order valence-corrected chi connectivity index (χ2v) is 8.62. The number of rotatable bonds is 17. The van der Waals surface area contributed by atoms with Gasteiger partial charge in [0.1, 0.15) is 12.4 Å². The van der Waals surface area contributed by atoms with Gasteiger partial charge in [0, 0.05) is 6.42 Å². The molecule has 2 aromatic rings. The largest absolute Gasteiger partial charge is 0.256 e. The van der Waals surface area contributed by atoms with Gasteiger partial charge in [-0.25, -0.2) is 9.13 Å². The Labute approximate surface area is 180 Å². The van der Waals surface area contributed by atoms with Crippen molar-refractivity contribution in [1.29, 1.82) is 0 Å². The van der Waals surface area contributed by atoms with Gasteiger partial charge in [0.05, 0.1) is 13.1 Å². The molecule has 2 heteroatoms. The fourth-order valence-electron chi connectivity index (χ4n) is 4.21. The van der Waals surface area contributed by atoms with Crippen molar-refractivity contribution in [2.24, 2.45) is 0 Å². The van der Waals surface area contributed by atoms with E-state index in [4.69, 9.17) is 0 Å². The molecule has 0 bridgehead atoms. The minimum atomic E-state index is 1.14. The van der Waals surface area contributed by atoms with Crippen molar-refractivity contribution < 1.29 is 4.57 Å². The summed E-state index contributed by atoms with van der Waals surface area (Å²) in [6, 6.07) is 10.9. The van der Waals surface area contributed by atoms with E-state index in [1.807, 2.05) is 0 Å². The normalized spacial score (nSPS) is 11.2. The quantitative estimate of drug-likeness (QED) is 0.196. The van der Waals surface area contributed by atoms with Crippen LogP contribution in [0.3, 0.4) is 0 Å². The summed E-state index contributed by atoms with van der Waals surface area (Å²) >= 11 is 0. The first-order valence-electron chi connectivity index (χ1n) is 12.5. The summed E-state index contributed by atoms with van der Waals surface area (Å²) in [6.45, 7) is 6.90. The van der Waals surface area contributed by atoms with E-state index in [2.05, 4.69) is 65.7 Å². The zero-order valence-corrected chi connectivity index (χ0v) is 19.2. The average Bonchev–Trinajstić information content (AvgIpc) is 3.13. The Bertz CT molecular complexity index is 629. The lowest BCUT2D eigenvalue weighted by Gasteiger charge is -2.06. The van der Waals surface area contributed by atoms with Gasteiger partial charge in [-0.1, -0.05) is 102 Å². The molecule has 0 spiro atoms. The summed E-state index contributed by atoms with van der Waals surface area (Å²) in [5.41, 5.74) is 1.46. The topological polar surface area (TPSA) is 8.81 Å². The maximum atomic E-state index is 2.53. The third-order valence-corrected chi connectivity index (χ3v) is 6.05. The van der Waals surface area contributed by atoms with Crippen LogP contribution in [0.25, 0.3) is 0 Å². The van der Waals surface area contributed by atoms with E-state index >= 15 is 0 Å². The van der Waals surface area contributed by atoms with E-state index in [-0.39, 0.29) is 0 Å². The second kappa shape index (κ2) is 15.3. The Balaban J connectivity index is 1.75. The Kier molecular flexibility index (Phi) is 12.5. The Morgan fingerprint density at radius 2 is 1.34 bits per heavy atom. The number of hydrogen-bond acceptors (Lipinski definition) is 0. The number of unbranched alkanes of at least 4 members (excludes halogenated alkanes) is 9. The first-order chi connectivity index (χ1) is 14.3. The minimum absolute atomic E-state index is 1.14. The Morgan fingerprint density at radius 1 is 0.690 bits per heavy atom. The van der Waals surface area contributed by atoms with Crippen molar-refractivity contribution in [2.45, 2.75) is 117 Å². The van der Waals surface area contributed by atoms with Gasteiger partial charge in [-0.05, 0) is 31.2 Å². The first-order valence-corrected chi connectivity index (χ1v) is 12.5. The van der Waals surface area contributed by atoms with Crippen LogP contribution in [0.1, 0.15) is 102 Å². The Morgan fingerprint density at radius 3 is 2.03 bits per heavy atom. The van der Waals surface area contributed by atoms with E-state index in [1.54, 1.807) is 5.82 Å². The molecule has 0 aliphatic carbocycles. The lowest BCUT2D eigenvalue weighted by atomic mass is 10.1. The van der Waals surface area contributed by atoms with Crippen molar-refractivity contribution in [1.82, 2.24) is 4.57 Å². The monoisotopic (exact) mass is 397 g/mol. The van der Waals surface area contributed by atoms with Crippen LogP contribution in [0.15, 0.2) is 42.7 Å². The fraction of sp³-hybridized carbons (Fsp3) is 0.667. The molecule has 0 fully saturated rings. The molecule has 0 saturated heterocycles. The Hall–Kier alpha value is -1.57. The van der Waals surface area contributed by atoms with E-state index in [0.29, 0.717) is 0 Å². The van der Waals surface area contributed by atoms with Gasteiger partial charge in [-0.15, -0.1) is 0 Å². The molecule has 0 unspecified atom stereocenters. The van der Waals surface area contributed by atoms with Crippen LogP contribution in [0.4, 0.5) is 0 Å². The van der Waals surface area contributed by atoms with Gasteiger partial charge in [0.15, 0.2) is 0 Å². The van der Waals surface area contributed by atoms with Crippen molar-refractivity contribution in [2.75, 3.05) is 0 Å². The average molecular weight is 398 g/mol. The molecule has 162 valence electrons. The molecule has 0 radical (unpaired) electrons. The van der Waals surface area contributed by atoms with Crippen LogP contribution in [0, 0.1) is 0 Å². The van der Waals surface area contributed by atoms with Gasteiger partial charge in [-0.2, -0.15) is 0 Å². The fourth-order valence-corrected chi connectivity index (χ4v) is 4.21. The van der Waals surface area contributed by atoms with Crippen LogP contribution >= 0.6 is 0 Å². The number of benzene rings is 1. The second-order valence-electron chi connectivity index (χ2n) is 8.62. The van der Waals surface area contributed by atoms with Crippen molar-refractivity contribution in [3.05, 3.63) is 54.1 Å². The van der Waals surface area contributed by atoms with Crippen LogP contribution in [-0.4, -0.2) is 4.57 Å². The highest BCUT2D eigenvalue weighted by Gasteiger charge is 2.16. The molecule has 0 saturated carbocycles. The maximum absolute atomic E-state index is 2.53. The molecular formula is C27H45N2+. The molecule has 1 aromatic carbocycles. The molecule has 29 heavy (non-hydrogen) atoms. The summed E-state index contributed by atoms with van der Waals surface area (Å²) in [5.74, 6) is 1.55. The lowest BCUT2D eigenvalue weighted by Crippen LogP contribution is -2.37.